The third-order valence-corrected chi connectivity index (χ3v) is 6.27. The van der Waals surface area contributed by atoms with Crippen molar-refractivity contribution in [2.24, 2.45) is 0 Å². The topological polar surface area (TPSA) is 12.5 Å². The lowest BCUT2D eigenvalue weighted by Crippen LogP contribution is -2.35. The van der Waals surface area contributed by atoms with E-state index in [9.17, 15) is 0 Å². The number of hydrogen-bond acceptors (Lipinski definition) is 2. The van der Waals surface area contributed by atoms with Crippen molar-refractivity contribution in [1.29, 1.82) is 0 Å². The Balaban J connectivity index is 1.64. The van der Waals surface area contributed by atoms with Crippen LogP contribution < -0.4 is 0 Å². The van der Waals surface area contributed by atoms with Gasteiger partial charge < -0.3 is 4.74 Å². The Bertz CT molecular complexity index is 700. The van der Waals surface area contributed by atoms with Gasteiger partial charge in [0, 0.05) is 12.5 Å². The second-order valence-corrected chi connectivity index (χ2v) is 7.55. The lowest BCUT2D eigenvalue weighted by molar-refractivity contribution is 0.0323. The van der Waals surface area contributed by atoms with Crippen molar-refractivity contribution in [2.75, 3.05) is 19.7 Å². The molecule has 124 valence electrons. The molecule has 1 unspecified atom stereocenters. The summed E-state index contributed by atoms with van der Waals surface area (Å²) in [5, 5.41) is 0. The molecule has 2 aromatic rings. The minimum absolute atomic E-state index is 0.239. The second kappa shape index (κ2) is 5.72. The summed E-state index contributed by atoms with van der Waals surface area (Å²) in [5.41, 5.74) is 5.52. The molecule has 1 atom stereocenters. The molecule has 5 rings (SSSR count). The van der Waals surface area contributed by atoms with Crippen LogP contribution in [0.1, 0.15) is 41.5 Å². The molecule has 2 heterocycles. The Morgan fingerprint density at radius 3 is 2.04 bits per heavy atom. The number of ether oxygens (including phenoxy) is 1. The first-order valence-corrected chi connectivity index (χ1v) is 9.42. The smallest absolute Gasteiger partial charge is 0.120 e. The first-order chi connectivity index (χ1) is 11.9. The highest BCUT2D eigenvalue weighted by Gasteiger charge is 2.48. The third-order valence-electron chi connectivity index (χ3n) is 6.27. The Morgan fingerprint density at radius 1 is 0.833 bits per heavy atom. The van der Waals surface area contributed by atoms with E-state index in [4.69, 9.17) is 4.74 Å². The molecule has 0 saturated carbocycles. The number of benzene rings is 2. The van der Waals surface area contributed by atoms with Crippen LogP contribution in [-0.2, 0) is 23.2 Å². The van der Waals surface area contributed by atoms with Gasteiger partial charge in [-0.1, -0.05) is 48.5 Å². The summed E-state index contributed by atoms with van der Waals surface area (Å²) < 4.78 is 6.70. The summed E-state index contributed by atoms with van der Waals surface area (Å²) in [6.45, 7) is 3.35. The van der Waals surface area contributed by atoms with E-state index >= 15 is 0 Å². The van der Waals surface area contributed by atoms with Crippen LogP contribution in [0, 0.1) is 0 Å². The van der Waals surface area contributed by atoms with Crippen LogP contribution in [-0.4, -0.2) is 30.6 Å². The molecule has 0 bridgehead atoms. The molecule has 0 N–H and O–H groups in total. The minimum Gasteiger partial charge on any atom is -0.364 e. The van der Waals surface area contributed by atoms with Crippen molar-refractivity contribution < 1.29 is 4.74 Å². The van der Waals surface area contributed by atoms with Gasteiger partial charge in [-0.3, -0.25) is 4.90 Å². The number of likely N-dealkylation sites (tertiary alicyclic amines) is 1. The van der Waals surface area contributed by atoms with Gasteiger partial charge in [-0.2, -0.15) is 0 Å². The van der Waals surface area contributed by atoms with E-state index in [1.165, 1.54) is 48.2 Å². The molecule has 1 aliphatic carbocycles. The van der Waals surface area contributed by atoms with Crippen molar-refractivity contribution in [2.45, 2.75) is 43.7 Å². The predicted molar refractivity (Wildman–Crippen MR) is 96.2 cm³/mol. The van der Waals surface area contributed by atoms with Crippen molar-refractivity contribution in [3.8, 4) is 0 Å². The average Bonchev–Trinajstić information content (AvgIpc) is 3.28. The highest BCUT2D eigenvalue weighted by atomic mass is 16.5. The van der Waals surface area contributed by atoms with Gasteiger partial charge in [0.25, 0.3) is 0 Å². The van der Waals surface area contributed by atoms with Crippen LogP contribution >= 0.6 is 0 Å². The van der Waals surface area contributed by atoms with Crippen LogP contribution in [0.2, 0.25) is 0 Å². The van der Waals surface area contributed by atoms with Crippen LogP contribution in [0.25, 0.3) is 0 Å². The minimum atomic E-state index is -0.239. The molecular formula is C22H25NO. The molecule has 1 spiro atoms. The molecule has 2 saturated heterocycles. The van der Waals surface area contributed by atoms with Gasteiger partial charge in [0.2, 0.25) is 0 Å². The van der Waals surface area contributed by atoms with E-state index in [1.54, 1.807) is 0 Å². The number of fused-ring (bicyclic) bond motifs is 4. The Hall–Kier alpha value is -1.64. The van der Waals surface area contributed by atoms with Crippen LogP contribution in [0.4, 0.5) is 0 Å². The quantitative estimate of drug-likeness (QED) is 0.790. The zero-order valence-corrected chi connectivity index (χ0v) is 14.2. The fourth-order valence-electron chi connectivity index (χ4n) is 5.08. The maximum Gasteiger partial charge on any atom is 0.120 e. The van der Waals surface area contributed by atoms with Crippen LogP contribution in [0.15, 0.2) is 48.5 Å². The molecule has 0 radical (unpaired) electrons. The highest BCUT2D eigenvalue weighted by Crippen LogP contribution is 2.48. The van der Waals surface area contributed by atoms with E-state index in [0.717, 1.165) is 25.9 Å². The van der Waals surface area contributed by atoms with E-state index in [1.807, 2.05) is 0 Å². The SMILES string of the molecule is c1ccc2c(c1)CCc1ccccc1C21CC(N2CCCC2)CO1. The lowest BCUT2D eigenvalue weighted by Gasteiger charge is -2.32. The van der Waals surface area contributed by atoms with E-state index in [-0.39, 0.29) is 5.60 Å². The number of rotatable bonds is 1. The summed E-state index contributed by atoms with van der Waals surface area (Å²) in [4.78, 5) is 2.66. The molecule has 2 nitrogen and oxygen atoms in total. The fourth-order valence-corrected chi connectivity index (χ4v) is 5.08. The summed E-state index contributed by atoms with van der Waals surface area (Å²) in [6.07, 6.45) is 6.02. The zero-order valence-electron chi connectivity index (χ0n) is 14.2. The summed E-state index contributed by atoms with van der Waals surface area (Å²) in [5.74, 6) is 0. The zero-order chi connectivity index (χ0) is 16.0. The van der Waals surface area contributed by atoms with Gasteiger partial charge in [0.05, 0.1) is 6.61 Å². The van der Waals surface area contributed by atoms with Crippen molar-refractivity contribution in [3.05, 3.63) is 70.8 Å². The summed E-state index contributed by atoms with van der Waals surface area (Å²) >= 11 is 0. The van der Waals surface area contributed by atoms with Gasteiger partial charge in [-0.05, 0) is 61.0 Å². The largest absolute Gasteiger partial charge is 0.364 e. The van der Waals surface area contributed by atoms with Crippen molar-refractivity contribution >= 4 is 0 Å². The molecule has 2 aliphatic heterocycles. The first-order valence-electron chi connectivity index (χ1n) is 9.42. The van der Waals surface area contributed by atoms with Gasteiger partial charge in [0.1, 0.15) is 5.60 Å². The van der Waals surface area contributed by atoms with Gasteiger partial charge in [0.15, 0.2) is 0 Å². The molecule has 2 aromatic carbocycles. The third kappa shape index (κ3) is 2.17. The number of aryl methyl sites for hydroxylation is 2. The Morgan fingerprint density at radius 2 is 1.42 bits per heavy atom. The lowest BCUT2D eigenvalue weighted by atomic mass is 9.80. The van der Waals surface area contributed by atoms with Gasteiger partial charge in [-0.25, -0.2) is 0 Å². The molecule has 24 heavy (non-hydrogen) atoms. The Labute approximate surface area is 144 Å². The first kappa shape index (κ1) is 14.7. The summed E-state index contributed by atoms with van der Waals surface area (Å²) in [7, 11) is 0. The summed E-state index contributed by atoms with van der Waals surface area (Å²) in [6, 6.07) is 18.5. The highest BCUT2D eigenvalue weighted by molar-refractivity contribution is 5.48. The maximum absolute atomic E-state index is 6.70. The average molecular weight is 319 g/mol. The van der Waals surface area contributed by atoms with E-state index in [2.05, 4.69) is 53.4 Å². The molecule has 2 fully saturated rings. The molecule has 3 aliphatic rings. The fraction of sp³-hybridized carbons (Fsp3) is 0.455. The maximum atomic E-state index is 6.70. The normalized spacial score (nSPS) is 25.4. The number of hydrogen-bond donors (Lipinski definition) is 0. The van der Waals surface area contributed by atoms with Crippen molar-refractivity contribution in [3.63, 3.8) is 0 Å². The molecular weight excluding hydrogens is 294 g/mol. The molecule has 2 heteroatoms. The second-order valence-electron chi connectivity index (χ2n) is 7.55. The molecule has 0 aromatic heterocycles. The van der Waals surface area contributed by atoms with E-state index in [0.29, 0.717) is 6.04 Å². The van der Waals surface area contributed by atoms with Crippen molar-refractivity contribution in [1.82, 2.24) is 4.90 Å². The predicted octanol–water partition coefficient (Wildman–Crippen LogP) is 3.91. The van der Waals surface area contributed by atoms with Gasteiger partial charge in [-0.15, -0.1) is 0 Å². The van der Waals surface area contributed by atoms with E-state index < -0.39 is 0 Å². The number of nitrogens with zero attached hydrogens (tertiary/aromatic N) is 1. The monoisotopic (exact) mass is 319 g/mol. The Kier molecular flexibility index (Phi) is 3.50. The standard InChI is InChI=1S/C22H25NO/c1-3-9-20-17(7-1)11-12-18-8-2-4-10-21(18)22(20)15-19(16-24-22)23-13-5-6-14-23/h1-4,7-10,19H,5-6,11-16H2. The van der Waals surface area contributed by atoms with Crippen LogP contribution in [0.3, 0.4) is 0 Å². The molecule has 0 amide bonds. The van der Waals surface area contributed by atoms with Crippen LogP contribution in [0.5, 0.6) is 0 Å². The van der Waals surface area contributed by atoms with Gasteiger partial charge >= 0.3 is 0 Å².